The zero-order valence-corrected chi connectivity index (χ0v) is 12.1. The van der Waals surface area contributed by atoms with Crippen molar-refractivity contribution in [3.63, 3.8) is 0 Å². The van der Waals surface area contributed by atoms with Gasteiger partial charge in [-0.25, -0.2) is 0 Å². The predicted molar refractivity (Wildman–Crippen MR) is 87.4 cm³/mol. The Labute approximate surface area is 127 Å². The third-order valence-electron chi connectivity index (χ3n) is 3.30. The zero-order chi connectivity index (χ0) is 14.7. The van der Waals surface area contributed by atoms with Gasteiger partial charge in [-0.1, -0.05) is 66.7 Å². The average molecular weight is 294 g/mol. The molecule has 0 saturated carbocycles. The first-order valence-corrected chi connectivity index (χ1v) is 7.44. The fraction of sp³-hybridized carbons (Fsp3) is 0.0588. The lowest BCUT2D eigenvalue weighted by Gasteiger charge is -2.15. The molecule has 0 unspecified atom stereocenters. The minimum atomic E-state index is -0.251. The van der Waals surface area contributed by atoms with E-state index in [0.29, 0.717) is 5.84 Å². The maximum absolute atomic E-state index is 11.4. The number of rotatable bonds is 3. The molecule has 1 aliphatic heterocycles. The van der Waals surface area contributed by atoms with Crippen LogP contribution in [0.3, 0.4) is 0 Å². The number of nitrogens with zero attached hydrogens (tertiary/aromatic N) is 1. The van der Waals surface area contributed by atoms with Gasteiger partial charge < -0.3 is 5.73 Å². The number of thioether (sulfide) groups is 1. The smallest absolute Gasteiger partial charge is 0.311 e. The highest BCUT2D eigenvalue weighted by atomic mass is 32.2. The van der Waals surface area contributed by atoms with Gasteiger partial charge in [-0.15, -0.1) is 0 Å². The third kappa shape index (κ3) is 3.06. The molecule has 0 aliphatic carbocycles. The van der Waals surface area contributed by atoms with Gasteiger partial charge in [0, 0.05) is 5.92 Å². The first-order valence-electron chi connectivity index (χ1n) is 6.62. The summed E-state index contributed by atoms with van der Waals surface area (Å²) in [5.41, 5.74) is 8.13. The fourth-order valence-electron chi connectivity index (χ4n) is 2.30. The maximum Gasteiger partial charge on any atom is 0.311 e. The van der Waals surface area contributed by atoms with Crippen molar-refractivity contribution in [1.82, 2.24) is 0 Å². The van der Waals surface area contributed by atoms with Crippen LogP contribution in [0.25, 0.3) is 0 Å². The molecule has 0 spiro atoms. The highest BCUT2D eigenvalue weighted by Crippen LogP contribution is 2.32. The van der Waals surface area contributed by atoms with Crippen molar-refractivity contribution in [1.29, 1.82) is 0 Å². The maximum atomic E-state index is 11.4. The van der Waals surface area contributed by atoms with Gasteiger partial charge in [-0.2, -0.15) is 4.99 Å². The average Bonchev–Trinajstić information content (AvgIpc) is 2.84. The first-order chi connectivity index (χ1) is 10.2. The van der Waals surface area contributed by atoms with Gasteiger partial charge in [0.2, 0.25) is 0 Å². The summed E-state index contributed by atoms with van der Waals surface area (Å²) in [5, 5.41) is -0.251. The van der Waals surface area contributed by atoms with Crippen LogP contribution in [-0.2, 0) is 0 Å². The SMILES string of the molecule is NC1=NC(=O)S/C1=C\C(c1ccccc1)c1ccccc1. The molecule has 2 N–H and O–H groups in total. The van der Waals surface area contributed by atoms with Crippen molar-refractivity contribution in [2.24, 2.45) is 10.7 Å². The van der Waals surface area contributed by atoms with Crippen LogP contribution in [0.1, 0.15) is 17.0 Å². The van der Waals surface area contributed by atoms with E-state index in [1.807, 2.05) is 42.5 Å². The summed E-state index contributed by atoms with van der Waals surface area (Å²) in [6.45, 7) is 0. The van der Waals surface area contributed by atoms with E-state index in [2.05, 4.69) is 29.3 Å². The van der Waals surface area contributed by atoms with E-state index >= 15 is 0 Å². The summed E-state index contributed by atoms with van der Waals surface area (Å²) in [7, 11) is 0. The lowest BCUT2D eigenvalue weighted by atomic mass is 9.91. The van der Waals surface area contributed by atoms with E-state index in [4.69, 9.17) is 5.73 Å². The number of aliphatic imine (C=N–C) groups is 1. The second kappa shape index (κ2) is 5.97. The second-order valence-electron chi connectivity index (χ2n) is 4.69. The Morgan fingerprint density at radius 3 is 1.90 bits per heavy atom. The number of carbonyl (C=O) groups excluding carboxylic acids is 1. The summed E-state index contributed by atoms with van der Waals surface area (Å²) in [4.78, 5) is 15.9. The number of nitrogens with two attached hydrogens (primary N) is 1. The number of benzene rings is 2. The molecular weight excluding hydrogens is 280 g/mol. The van der Waals surface area contributed by atoms with E-state index in [-0.39, 0.29) is 11.2 Å². The van der Waals surface area contributed by atoms with Crippen molar-refractivity contribution in [2.75, 3.05) is 0 Å². The van der Waals surface area contributed by atoms with E-state index in [9.17, 15) is 4.79 Å². The largest absolute Gasteiger partial charge is 0.383 e. The molecule has 0 bridgehead atoms. The molecule has 1 amide bonds. The molecule has 3 rings (SSSR count). The molecule has 0 aromatic heterocycles. The molecule has 0 atom stereocenters. The number of hydrogen-bond donors (Lipinski definition) is 1. The summed E-state index contributed by atoms with van der Waals surface area (Å²) in [6.07, 6.45) is 2.01. The fourth-order valence-corrected chi connectivity index (χ4v) is 2.99. The summed E-state index contributed by atoms with van der Waals surface area (Å²) in [5.74, 6) is 0.358. The number of amides is 1. The Bertz CT molecular complexity index is 669. The van der Waals surface area contributed by atoms with Gasteiger partial charge in [0.25, 0.3) is 0 Å². The molecule has 104 valence electrons. The minimum Gasteiger partial charge on any atom is -0.383 e. The molecule has 0 radical (unpaired) electrons. The molecular formula is C17H14N2OS. The van der Waals surface area contributed by atoms with Crippen molar-refractivity contribution in [3.05, 3.63) is 82.8 Å². The van der Waals surface area contributed by atoms with Crippen molar-refractivity contribution < 1.29 is 4.79 Å². The number of carbonyl (C=O) groups is 1. The summed E-state index contributed by atoms with van der Waals surface area (Å²) < 4.78 is 0. The van der Waals surface area contributed by atoms with Gasteiger partial charge in [0.15, 0.2) is 0 Å². The summed E-state index contributed by atoms with van der Waals surface area (Å²) >= 11 is 1.08. The van der Waals surface area contributed by atoms with Crippen LogP contribution >= 0.6 is 11.8 Å². The highest BCUT2D eigenvalue weighted by molar-refractivity contribution is 8.18. The van der Waals surface area contributed by atoms with Crippen molar-refractivity contribution >= 4 is 22.8 Å². The van der Waals surface area contributed by atoms with Crippen LogP contribution in [-0.4, -0.2) is 11.1 Å². The molecule has 4 heteroatoms. The van der Waals surface area contributed by atoms with Crippen molar-refractivity contribution in [2.45, 2.75) is 5.92 Å². The van der Waals surface area contributed by atoms with E-state index in [1.54, 1.807) is 0 Å². The Kier molecular flexibility index (Phi) is 3.88. The topological polar surface area (TPSA) is 55.4 Å². The summed E-state index contributed by atoms with van der Waals surface area (Å²) in [6, 6.07) is 20.3. The zero-order valence-electron chi connectivity index (χ0n) is 11.3. The van der Waals surface area contributed by atoms with Gasteiger partial charge in [-0.05, 0) is 22.9 Å². The normalized spacial score (nSPS) is 16.5. The van der Waals surface area contributed by atoms with Gasteiger partial charge in [0.1, 0.15) is 5.84 Å². The Morgan fingerprint density at radius 1 is 0.952 bits per heavy atom. The van der Waals surface area contributed by atoms with Gasteiger partial charge in [-0.3, -0.25) is 4.79 Å². The van der Waals surface area contributed by atoms with Gasteiger partial charge >= 0.3 is 5.24 Å². The lowest BCUT2D eigenvalue weighted by Crippen LogP contribution is -2.10. The Hall–Kier alpha value is -2.33. The number of hydrogen-bond acceptors (Lipinski definition) is 3. The Morgan fingerprint density at radius 2 is 1.48 bits per heavy atom. The predicted octanol–water partition coefficient (Wildman–Crippen LogP) is 3.93. The molecule has 0 saturated heterocycles. The molecule has 1 aliphatic rings. The molecule has 21 heavy (non-hydrogen) atoms. The van der Waals surface area contributed by atoms with Crippen molar-refractivity contribution in [3.8, 4) is 0 Å². The second-order valence-corrected chi connectivity index (χ2v) is 5.69. The monoisotopic (exact) mass is 294 g/mol. The minimum absolute atomic E-state index is 0.0505. The van der Waals surface area contributed by atoms with Crippen LogP contribution in [0, 0.1) is 0 Å². The standard InChI is InChI=1S/C17H14N2OS/c18-16-15(21-17(20)19-16)11-14(12-7-3-1-4-8-12)13-9-5-2-6-10-13/h1-11,14H,(H2,18,19,20)/b15-11-. The number of allylic oxidation sites excluding steroid dienone is 1. The third-order valence-corrected chi connectivity index (χ3v) is 4.13. The van der Waals surface area contributed by atoms with Crippen LogP contribution in [0.5, 0.6) is 0 Å². The molecule has 3 nitrogen and oxygen atoms in total. The van der Waals surface area contributed by atoms with E-state index < -0.39 is 0 Å². The molecule has 2 aromatic rings. The van der Waals surface area contributed by atoms with Crippen LogP contribution in [0.4, 0.5) is 4.79 Å². The quantitative estimate of drug-likeness (QED) is 0.933. The molecule has 1 heterocycles. The Balaban J connectivity index is 2.04. The van der Waals surface area contributed by atoms with Crippen LogP contribution in [0.15, 0.2) is 76.6 Å². The van der Waals surface area contributed by atoms with E-state index in [1.165, 1.54) is 0 Å². The van der Waals surface area contributed by atoms with Gasteiger partial charge in [0.05, 0.1) is 4.91 Å². The molecule has 0 fully saturated rings. The number of amidine groups is 1. The van der Waals surface area contributed by atoms with E-state index in [0.717, 1.165) is 27.8 Å². The van der Waals surface area contributed by atoms with Crippen LogP contribution < -0.4 is 5.73 Å². The first kappa shape index (κ1) is 13.6. The lowest BCUT2D eigenvalue weighted by molar-refractivity contribution is 0.268. The molecule has 2 aromatic carbocycles. The highest BCUT2D eigenvalue weighted by Gasteiger charge is 2.21. The van der Waals surface area contributed by atoms with Crippen LogP contribution in [0.2, 0.25) is 0 Å².